The van der Waals surface area contributed by atoms with Gasteiger partial charge in [-0.25, -0.2) is 4.39 Å². The molecule has 1 fully saturated rings. The standard InChI is InChI=1S/C25H24FN5O2/c1-15-20-12-9-17(13-22(20)31(28-15)19-5-3-4-6-19)21-14-25(2,33-29-21)24-27-23(32-30-24)16-7-10-18(26)11-8-16/h7-13,19H,3-6,14H2,1-2H3. The second kappa shape index (κ2) is 7.50. The Labute approximate surface area is 190 Å². The number of aromatic nitrogens is 4. The maximum absolute atomic E-state index is 13.2. The van der Waals surface area contributed by atoms with E-state index in [0.29, 0.717) is 29.7 Å². The van der Waals surface area contributed by atoms with Crippen LogP contribution in [0.25, 0.3) is 22.4 Å². The van der Waals surface area contributed by atoms with E-state index in [2.05, 4.69) is 45.1 Å². The van der Waals surface area contributed by atoms with Crippen molar-refractivity contribution in [1.29, 1.82) is 0 Å². The van der Waals surface area contributed by atoms with Crippen LogP contribution in [0.1, 0.15) is 62.2 Å². The molecule has 168 valence electrons. The summed E-state index contributed by atoms with van der Waals surface area (Å²) in [6, 6.07) is 12.8. The zero-order valence-corrected chi connectivity index (χ0v) is 18.6. The molecule has 4 aromatic rings. The number of oxime groups is 1. The number of hydrogen-bond acceptors (Lipinski definition) is 6. The number of halogens is 1. The first-order valence-electron chi connectivity index (χ1n) is 11.3. The molecule has 1 aliphatic heterocycles. The zero-order chi connectivity index (χ0) is 22.6. The minimum atomic E-state index is -0.840. The van der Waals surface area contributed by atoms with Crippen LogP contribution in [-0.2, 0) is 10.4 Å². The maximum atomic E-state index is 13.2. The molecule has 3 heterocycles. The average molecular weight is 445 g/mol. The predicted molar refractivity (Wildman–Crippen MR) is 121 cm³/mol. The quantitative estimate of drug-likeness (QED) is 0.403. The van der Waals surface area contributed by atoms with Gasteiger partial charge in [0.15, 0.2) is 0 Å². The lowest BCUT2D eigenvalue weighted by atomic mass is 9.94. The predicted octanol–water partition coefficient (Wildman–Crippen LogP) is 5.69. The molecular formula is C25H24FN5O2. The molecule has 0 spiro atoms. The smallest absolute Gasteiger partial charge is 0.258 e. The molecule has 2 aromatic carbocycles. The number of fused-ring (bicyclic) bond motifs is 1. The van der Waals surface area contributed by atoms with E-state index in [1.807, 2.05) is 6.92 Å². The summed E-state index contributed by atoms with van der Waals surface area (Å²) in [7, 11) is 0. The Morgan fingerprint density at radius 3 is 2.61 bits per heavy atom. The van der Waals surface area contributed by atoms with E-state index in [0.717, 1.165) is 22.5 Å². The first-order valence-corrected chi connectivity index (χ1v) is 11.3. The lowest BCUT2D eigenvalue weighted by molar-refractivity contribution is -0.0159. The summed E-state index contributed by atoms with van der Waals surface area (Å²) in [5.41, 5.74) is 3.86. The van der Waals surface area contributed by atoms with Crippen molar-refractivity contribution in [3.8, 4) is 11.5 Å². The van der Waals surface area contributed by atoms with Crippen LogP contribution in [0.4, 0.5) is 4.39 Å². The number of rotatable bonds is 4. The largest absolute Gasteiger partial charge is 0.380 e. The van der Waals surface area contributed by atoms with E-state index in [1.54, 1.807) is 12.1 Å². The maximum Gasteiger partial charge on any atom is 0.258 e. The first kappa shape index (κ1) is 20.1. The fraction of sp³-hybridized carbons (Fsp3) is 0.360. The zero-order valence-electron chi connectivity index (χ0n) is 18.6. The van der Waals surface area contributed by atoms with E-state index in [1.165, 1.54) is 43.2 Å². The van der Waals surface area contributed by atoms with Crippen LogP contribution in [0.5, 0.6) is 0 Å². The van der Waals surface area contributed by atoms with Crippen LogP contribution in [0.15, 0.2) is 52.1 Å². The fourth-order valence-corrected chi connectivity index (χ4v) is 4.87. The summed E-state index contributed by atoms with van der Waals surface area (Å²) in [6.45, 7) is 3.96. The molecule has 0 bridgehead atoms. The van der Waals surface area contributed by atoms with Gasteiger partial charge >= 0.3 is 0 Å². The highest BCUT2D eigenvalue weighted by Gasteiger charge is 2.41. The molecule has 1 unspecified atom stereocenters. The van der Waals surface area contributed by atoms with Crippen LogP contribution >= 0.6 is 0 Å². The van der Waals surface area contributed by atoms with Crippen LogP contribution in [0, 0.1) is 12.7 Å². The molecule has 0 N–H and O–H groups in total. The Kier molecular flexibility index (Phi) is 4.57. The second-order valence-electron chi connectivity index (χ2n) is 9.17. The van der Waals surface area contributed by atoms with Gasteiger partial charge in [-0.2, -0.15) is 10.1 Å². The van der Waals surface area contributed by atoms with E-state index in [-0.39, 0.29) is 5.82 Å². The summed E-state index contributed by atoms with van der Waals surface area (Å²) in [4.78, 5) is 10.3. The van der Waals surface area contributed by atoms with Gasteiger partial charge in [0, 0.05) is 22.9 Å². The first-order chi connectivity index (χ1) is 16.0. The molecule has 1 saturated carbocycles. The van der Waals surface area contributed by atoms with Crippen molar-refractivity contribution in [2.24, 2.45) is 5.16 Å². The normalized spacial score (nSPS) is 21.0. The van der Waals surface area contributed by atoms with Gasteiger partial charge in [-0.3, -0.25) is 4.68 Å². The summed E-state index contributed by atoms with van der Waals surface area (Å²) >= 11 is 0. The van der Waals surface area contributed by atoms with Crippen molar-refractivity contribution in [3.63, 3.8) is 0 Å². The minimum absolute atomic E-state index is 0.316. The van der Waals surface area contributed by atoms with Gasteiger partial charge in [0.25, 0.3) is 5.89 Å². The van der Waals surface area contributed by atoms with Gasteiger partial charge in [0.05, 0.1) is 23.0 Å². The van der Waals surface area contributed by atoms with Gasteiger partial charge in [-0.1, -0.05) is 35.3 Å². The molecule has 6 rings (SSSR count). The SMILES string of the molecule is Cc1nn(C2CCCC2)c2cc(C3=NOC(C)(c4noc(-c5ccc(F)cc5)n4)C3)ccc12. The van der Waals surface area contributed by atoms with Gasteiger partial charge in [-0.15, -0.1) is 0 Å². The highest BCUT2D eigenvalue weighted by Crippen LogP contribution is 2.37. The topological polar surface area (TPSA) is 78.3 Å². The Hall–Kier alpha value is -3.55. The molecule has 2 aliphatic rings. The van der Waals surface area contributed by atoms with E-state index >= 15 is 0 Å². The molecule has 8 heteroatoms. The average Bonchev–Trinajstić information content (AvgIpc) is 3.61. The van der Waals surface area contributed by atoms with Gasteiger partial charge in [-0.05, 0) is 57.0 Å². The third-order valence-electron chi connectivity index (χ3n) is 6.75. The van der Waals surface area contributed by atoms with E-state index in [4.69, 9.17) is 14.5 Å². The monoisotopic (exact) mass is 445 g/mol. The highest BCUT2D eigenvalue weighted by molar-refractivity contribution is 6.04. The lowest BCUT2D eigenvalue weighted by Crippen LogP contribution is -2.23. The number of nitrogens with zero attached hydrogens (tertiary/aromatic N) is 5. The Morgan fingerprint density at radius 1 is 1.06 bits per heavy atom. The molecule has 7 nitrogen and oxygen atoms in total. The Balaban J connectivity index is 1.28. The number of benzene rings is 2. The van der Waals surface area contributed by atoms with E-state index < -0.39 is 5.60 Å². The molecule has 2 aromatic heterocycles. The second-order valence-corrected chi connectivity index (χ2v) is 9.17. The summed E-state index contributed by atoms with van der Waals surface area (Å²) < 4.78 is 20.8. The highest BCUT2D eigenvalue weighted by atomic mass is 19.1. The van der Waals surface area contributed by atoms with Gasteiger partial charge in [0.1, 0.15) is 5.82 Å². The van der Waals surface area contributed by atoms with Crippen LogP contribution in [-0.4, -0.2) is 25.6 Å². The fourth-order valence-electron chi connectivity index (χ4n) is 4.87. The molecule has 33 heavy (non-hydrogen) atoms. The molecular weight excluding hydrogens is 421 g/mol. The van der Waals surface area contributed by atoms with Crippen molar-refractivity contribution in [3.05, 3.63) is 65.4 Å². The Morgan fingerprint density at radius 2 is 1.82 bits per heavy atom. The van der Waals surface area contributed by atoms with Gasteiger partial charge in [0.2, 0.25) is 11.4 Å². The summed E-state index contributed by atoms with van der Waals surface area (Å²) in [6.07, 6.45) is 5.38. The lowest BCUT2D eigenvalue weighted by Gasteiger charge is -2.16. The van der Waals surface area contributed by atoms with Crippen LogP contribution < -0.4 is 0 Å². The van der Waals surface area contributed by atoms with Gasteiger partial charge < -0.3 is 9.36 Å². The molecule has 1 aliphatic carbocycles. The molecule has 0 radical (unpaired) electrons. The molecule has 0 saturated heterocycles. The minimum Gasteiger partial charge on any atom is -0.380 e. The number of aryl methyl sites for hydroxylation is 1. The third kappa shape index (κ3) is 3.41. The van der Waals surface area contributed by atoms with Crippen molar-refractivity contribution in [2.75, 3.05) is 0 Å². The summed E-state index contributed by atoms with van der Waals surface area (Å²) in [5.74, 6) is 0.415. The van der Waals surface area contributed by atoms with Crippen LogP contribution in [0.3, 0.4) is 0 Å². The van der Waals surface area contributed by atoms with Crippen LogP contribution in [0.2, 0.25) is 0 Å². The van der Waals surface area contributed by atoms with Crippen molar-refractivity contribution >= 4 is 16.6 Å². The number of hydrogen-bond donors (Lipinski definition) is 0. The third-order valence-corrected chi connectivity index (χ3v) is 6.75. The molecule has 1 atom stereocenters. The summed E-state index contributed by atoms with van der Waals surface area (Å²) in [5, 5.41) is 14.5. The Bertz CT molecular complexity index is 1370. The van der Waals surface area contributed by atoms with Crippen molar-refractivity contribution < 1.29 is 13.8 Å². The van der Waals surface area contributed by atoms with E-state index in [9.17, 15) is 4.39 Å². The van der Waals surface area contributed by atoms with Crippen molar-refractivity contribution in [1.82, 2.24) is 19.9 Å². The molecule has 0 amide bonds. The van der Waals surface area contributed by atoms with Crippen molar-refractivity contribution in [2.45, 2.75) is 57.6 Å².